The molecule has 0 aliphatic rings. The number of alkyl halides is 1. The predicted molar refractivity (Wildman–Crippen MR) is 73.9 cm³/mol. The minimum atomic E-state index is 0.335. The quantitative estimate of drug-likeness (QED) is 0.735. The normalized spacial score (nSPS) is 11.8. The lowest BCUT2D eigenvalue weighted by atomic mass is 10.0. The van der Waals surface area contributed by atoms with Gasteiger partial charge in [0.25, 0.3) is 0 Å². The topological polar surface area (TPSA) is 23.8 Å². The summed E-state index contributed by atoms with van der Waals surface area (Å²) in [6.07, 6.45) is 0. The van der Waals surface area contributed by atoms with Gasteiger partial charge >= 0.3 is 0 Å². The standard InChI is InChI=1S/C15H12BrN/c1-11(16)13-5-3-7-15(9-13)14-6-2-4-12(8-14)10-17/h2-9,11H,1H3. The third-order valence-corrected chi connectivity index (χ3v) is 3.20. The molecule has 1 nitrogen and oxygen atoms in total. The van der Waals surface area contributed by atoms with Gasteiger partial charge in [0.1, 0.15) is 0 Å². The molecule has 84 valence electrons. The minimum absolute atomic E-state index is 0.335. The van der Waals surface area contributed by atoms with Crippen LogP contribution in [0.3, 0.4) is 0 Å². The Kier molecular flexibility index (Phi) is 3.61. The molecule has 2 aromatic carbocycles. The van der Waals surface area contributed by atoms with Gasteiger partial charge in [0, 0.05) is 4.83 Å². The molecule has 0 saturated carbocycles. The van der Waals surface area contributed by atoms with E-state index in [0.29, 0.717) is 10.4 Å². The Balaban J connectivity index is 2.46. The fourth-order valence-corrected chi connectivity index (χ4v) is 2.02. The van der Waals surface area contributed by atoms with Gasteiger partial charge in [-0.3, -0.25) is 0 Å². The SMILES string of the molecule is CC(Br)c1cccc(-c2cccc(C#N)c2)c1. The molecule has 0 N–H and O–H groups in total. The van der Waals surface area contributed by atoms with Gasteiger partial charge in [-0.25, -0.2) is 0 Å². The first-order valence-corrected chi connectivity index (χ1v) is 6.37. The van der Waals surface area contributed by atoms with Crippen LogP contribution in [0.4, 0.5) is 0 Å². The number of nitriles is 1. The molecule has 0 fully saturated rings. The van der Waals surface area contributed by atoms with E-state index in [2.05, 4.69) is 47.1 Å². The maximum absolute atomic E-state index is 8.89. The summed E-state index contributed by atoms with van der Waals surface area (Å²) in [7, 11) is 0. The van der Waals surface area contributed by atoms with Crippen molar-refractivity contribution in [3.05, 3.63) is 59.7 Å². The Hall–Kier alpha value is -1.59. The van der Waals surface area contributed by atoms with E-state index in [-0.39, 0.29) is 0 Å². The molecule has 17 heavy (non-hydrogen) atoms. The highest BCUT2D eigenvalue weighted by Gasteiger charge is 2.03. The molecule has 2 heteroatoms. The van der Waals surface area contributed by atoms with Crippen LogP contribution in [-0.2, 0) is 0 Å². The van der Waals surface area contributed by atoms with Gasteiger partial charge in [0.05, 0.1) is 11.6 Å². The number of benzene rings is 2. The fraction of sp³-hybridized carbons (Fsp3) is 0.133. The van der Waals surface area contributed by atoms with Crippen molar-refractivity contribution in [1.29, 1.82) is 5.26 Å². The molecule has 2 rings (SSSR count). The molecule has 0 heterocycles. The first-order valence-electron chi connectivity index (χ1n) is 5.45. The third-order valence-electron chi connectivity index (χ3n) is 2.67. The molecule has 2 aromatic rings. The van der Waals surface area contributed by atoms with Crippen LogP contribution >= 0.6 is 15.9 Å². The largest absolute Gasteiger partial charge is 0.192 e. The Morgan fingerprint density at radius 3 is 2.35 bits per heavy atom. The highest BCUT2D eigenvalue weighted by molar-refractivity contribution is 9.09. The van der Waals surface area contributed by atoms with Gasteiger partial charge in [0.2, 0.25) is 0 Å². The van der Waals surface area contributed by atoms with Crippen LogP contribution in [0.5, 0.6) is 0 Å². The molecule has 0 aromatic heterocycles. The molecular weight excluding hydrogens is 274 g/mol. The van der Waals surface area contributed by atoms with Crippen molar-refractivity contribution in [3.8, 4) is 17.2 Å². The van der Waals surface area contributed by atoms with Crippen molar-refractivity contribution < 1.29 is 0 Å². The van der Waals surface area contributed by atoms with E-state index in [1.54, 1.807) is 0 Å². The zero-order valence-electron chi connectivity index (χ0n) is 9.52. The lowest BCUT2D eigenvalue weighted by Gasteiger charge is -2.07. The maximum atomic E-state index is 8.89. The third kappa shape index (κ3) is 2.75. The van der Waals surface area contributed by atoms with Crippen LogP contribution in [0.1, 0.15) is 22.9 Å². The average molecular weight is 286 g/mol. The van der Waals surface area contributed by atoms with Crippen LogP contribution in [0.25, 0.3) is 11.1 Å². The summed E-state index contributed by atoms with van der Waals surface area (Å²) in [5.74, 6) is 0. The van der Waals surface area contributed by atoms with E-state index >= 15 is 0 Å². The summed E-state index contributed by atoms with van der Waals surface area (Å²) < 4.78 is 0. The monoisotopic (exact) mass is 285 g/mol. The van der Waals surface area contributed by atoms with Gasteiger partial charge < -0.3 is 0 Å². The van der Waals surface area contributed by atoms with Gasteiger partial charge in [-0.1, -0.05) is 52.3 Å². The van der Waals surface area contributed by atoms with Crippen molar-refractivity contribution >= 4 is 15.9 Å². The number of nitrogens with zero attached hydrogens (tertiary/aromatic N) is 1. The second-order valence-corrected chi connectivity index (χ2v) is 5.31. The van der Waals surface area contributed by atoms with E-state index in [1.165, 1.54) is 5.56 Å². The molecule has 0 radical (unpaired) electrons. The molecule has 0 bridgehead atoms. The lowest BCUT2D eigenvalue weighted by Crippen LogP contribution is -1.85. The summed E-state index contributed by atoms with van der Waals surface area (Å²) in [6, 6.07) is 18.2. The van der Waals surface area contributed by atoms with Crippen LogP contribution in [0.15, 0.2) is 48.5 Å². The Bertz CT molecular complexity index is 567. The molecule has 1 atom stereocenters. The van der Waals surface area contributed by atoms with Gasteiger partial charge in [-0.05, 0) is 35.7 Å². The molecule has 0 saturated heterocycles. The molecule has 0 aliphatic carbocycles. The van der Waals surface area contributed by atoms with E-state index in [4.69, 9.17) is 5.26 Å². The van der Waals surface area contributed by atoms with Gasteiger partial charge in [-0.15, -0.1) is 0 Å². The Labute approximate surface area is 110 Å². The molecule has 0 amide bonds. The van der Waals surface area contributed by atoms with E-state index in [9.17, 15) is 0 Å². The summed E-state index contributed by atoms with van der Waals surface area (Å²) in [5, 5.41) is 8.89. The number of rotatable bonds is 2. The summed E-state index contributed by atoms with van der Waals surface area (Å²) in [6.45, 7) is 2.10. The van der Waals surface area contributed by atoms with Crippen molar-refractivity contribution in [1.82, 2.24) is 0 Å². The zero-order valence-corrected chi connectivity index (χ0v) is 11.1. The Morgan fingerprint density at radius 1 is 1.06 bits per heavy atom. The lowest BCUT2D eigenvalue weighted by molar-refractivity contribution is 1.12. The van der Waals surface area contributed by atoms with Crippen LogP contribution in [0, 0.1) is 11.3 Å². The van der Waals surface area contributed by atoms with Crippen molar-refractivity contribution in [3.63, 3.8) is 0 Å². The second-order valence-electron chi connectivity index (χ2n) is 3.93. The highest BCUT2D eigenvalue weighted by Crippen LogP contribution is 2.27. The minimum Gasteiger partial charge on any atom is -0.192 e. The zero-order chi connectivity index (χ0) is 12.3. The molecule has 0 aliphatic heterocycles. The predicted octanol–water partition coefficient (Wildman–Crippen LogP) is 4.68. The van der Waals surface area contributed by atoms with Crippen molar-refractivity contribution in [2.24, 2.45) is 0 Å². The van der Waals surface area contributed by atoms with Gasteiger partial charge in [-0.2, -0.15) is 5.26 Å². The summed E-state index contributed by atoms with van der Waals surface area (Å²) >= 11 is 3.56. The first-order chi connectivity index (χ1) is 8.20. The highest BCUT2D eigenvalue weighted by atomic mass is 79.9. The molecular formula is C15H12BrN. The van der Waals surface area contributed by atoms with Crippen LogP contribution < -0.4 is 0 Å². The number of hydrogen-bond acceptors (Lipinski definition) is 1. The number of halogens is 1. The van der Waals surface area contributed by atoms with Crippen molar-refractivity contribution in [2.45, 2.75) is 11.8 Å². The average Bonchev–Trinajstić information content (AvgIpc) is 2.39. The smallest absolute Gasteiger partial charge is 0.0991 e. The van der Waals surface area contributed by atoms with E-state index < -0.39 is 0 Å². The van der Waals surface area contributed by atoms with Crippen molar-refractivity contribution in [2.75, 3.05) is 0 Å². The Morgan fingerprint density at radius 2 is 1.71 bits per heavy atom. The second kappa shape index (κ2) is 5.16. The van der Waals surface area contributed by atoms with E-state index in [1.807, 2.05) is 30.3 Å². The molecule has 1 unspecified atom stereocenters. The number of hydrogen-bond donors (Lipinski definition) is 0. The molecule has 0 spiro atoms. The summed E-state index contributed by atoms with van der Waals surface area (Å²) in [5.41, 5.74) is 4.16. The van der Waals surface area contributed by atoms with Crippen LogP contribution in [-0.4, -0.2) is 0 Å². The fourth-order valence-electron chi connectivity index (χ4n) is 1.73. The van der Waals surface area contributed by atoms with Crippen LogP contribution in [0.2, 0.25) is 0 Å². The summed E-state index contributed by atoms with van der Waals surface area (Å²) in [4.78, 5) is 0.335. The first kappa shape index (κ1) is 11.9. The maximum Gasteiger partial charge on any atom is 0.0991 e. The van der Waals surface area contributed by atoms with Gasteiger partial charge in [0.15, 0.2) is 0 Å². The van der Waals surface area contributed by atoms with E-state index in [0.717, 1.165) is 11.1 Å².